The van der Waals surface area contributed by atoms with Crippen LogP contribution in [0.15, 0.2) is 23.1 Å². The summed E-state index contributed by atoms with van der Waals surface area (Å²) in [4.78, 5) is 13.8. The van der Waals surface area contributed by atoms with Crippen LogP contribution in [0.2, 0.25) is 0 Å². The van der Waals surface area contributed by atoms with Gasteiger partial charge < -0.3 is 10.2 Å². The van der Waals surface area contributed by atoms with Crippen LogP contribution in [0.25, 0.3) is 0 Å². The molecular weight excluding hydrogens is 338 g/mol. The molecule has 2 fully saturated rings. The highest BCUT2D eigenvalue weighted by Gasteiger charge is 2.36. The molecule has 2 aliphatic rings. The molecule has 138 valence electrons. The lowest BCUT2D eigenvalue weighted by atomic mass is 10.2. The van der Waals surface area contributed by atoms with E-state index in [9.17, 15) is 13.2 Å². The summed E-state index contributed by atoms with van der Waals surface area (Å²) >= 11 is 0. The van der Waals surface area contributed by atoms with Gasteiger partial charge in [0.2, 0.25) is 10.0 Å². The molecule has 0 bridgehead atoms. The number of aryl methyl sites for hydroxylation is 2. The Kier molecular flexibility index (Phi) is 5.18. The lowest BCUT2D eigenvalue weighted by molar-refractivity contribution is -0.917. The number of carbonyl (C=O) groups excluding carboxylic acids is 1. The number of carbonyl (C=O) groups is 1. The Morgan fingerprint density at radius 3 is 2.48 bits per heavy atom. The van der Waals surface area contributed by atoms with Crippen LogP contribution >= 0.6 is 0 Å². The first-order valence-electron chi connectivity index (χ1n) is 9.01. The maximum atomic E-state index is 13.0. The molecule has 1 heterocycles. The van der Waals surface area contributed by atoms with Gasteiger partial charge in [-0.2, -0.15) is 4.31 Å². The maximum Gasteiger partial charge on any atom is 0.278 e. The fourth-order valence-corrected chi connectivity index (χ4v) is 5.06. The lowest BCUT2D eigenvalue weighted by Gasteiger charge is -2.34. The summed E-state index contributed by atoms with van der Waals surface area (Å²) in [5.74, 6) is 0.0864. The Hall–Kier alpha value is -1.44. The molecule has 3 rings (SSSR count). The van der Waals surface area contributed by atoms with Crippen molar-refractivity contribution in [3.8, 4) is 0 Å². The SMILES string of the molecule is Cc1ccc(C)c(S(=O)(=O)N2CC[NH+]([C@@H](C)C(=O)NC3CC3)CC2)c1. The number of benzene rings is 1. The van der Waals surface area contributed by atoms with Crippen LogP contribution in [0.3, 0.4) is 0 Å². The van der Waals surface area contributed by atoms with E-state index in [1.807, 2.05) is 32.9 Å². The van der Waals surface area contributed by atoms with Gasteiger partial charge >= 0.3 is 0 Å². The first-order chi connectivity index (χ1) is 11.8. The first-order valence-corrected chi connectivity index (χ1v) is 10.5. The van der Waals surface area contributed by atoms with Gasteiger partial charge in [-0.1, -0.05) is 12.1 Å². The first kappa shape index (κ1) is 18.4. The average Bonchev–Trinajstić information content (AvgIpc) is 3.40. The molecule has 1 saturated carbocycles. The fraction of sp³-hybridized carbons (Fsp3) is 0.611. The molecule has 6 nitrogen and oxygen atoms in total. The number of hydrogen-bond acceptors (Lipinski definition) is 3. The number of piperazine rings is 1. The molecule has 0 spiro atoms. The molecule has 1 atom stereocenters. The third-order valence-corrected chi connectivity index (χ3v) is 7.30. The zero-order chi connectivity index (χ0) is 18.2. The second-order valence-electron chi connectivity index (χ2n) is 7.34. The average molecular weight is 367 g/mol. The third-order valence-electron chi connectivity index (χ3n) is 5.26. The molecule has 0 unspecified atom stereocenters. The quantitative estimate of drug-likeness (QED) is 0.762. The Labute approximate surface area is 150 Å². The van der Waals surface area contributed by atoms with Gasteiger partial charge in [-0.05, 0) is 50.8 Å². The lowest BCUT2D eigenvalue weighted by Crippen LogP contribution is -3.19. The van der Waals surface area contributed by atoms with E-state index < -0.39 is 10.0 Å². The van der Waals surface area contributed by atoms with Crippen LogP contribution in [-0.2, 0) is 14.8 Å². The Morgan fingerprint density at radius 1 is 1.24 bits per heavy atom. The maximum absolute atomic E-state index is 13.0. The van der Waals surface area contributed by atoms with Crippen LogP contribution in [0.5, 0.6) is 0 Å². The third kappa shape index (κ3) is 4.04. The Balaban J connectivity index is 1.64. The highest BCUT2D eigenvalue weighted by molar-refractivity contribution is 7.89. The van der Waals surface area contributed by atoms with Crippen molar-refractivity contribution in [1.82, 2.24) is 9.62 Å². The molecule has 2 N–H and O–H groups in total. The van der Waals surface area contributed by atoms with Crippen molar-refractivity contribution in [2.75, 3.05) is 26.2 Å². The monoisotopic (exact) mass is 366 g/mol. The van der Waals surface area contributed by atoms with Gasteiger partial charge in [-0.3, -0.25) is 4.79 Å². The van der Waals surface area contributed by atoms with Gasteiger partial charge in [-0.25, -0.2) is 8.42 Å². The van der Waals surface area contributed by atoms with Crippen LogP contribution in [0.1, 0.15) is 30.9 Å². The van der Waals surface area contributed by atoms with Gasteiger partial charge in [0, 0.05) is 6.04 Å². The van der Waals surface area contributed by atoms with Crippen molar-refractivity contribution < 1.29 is 18.1 Å². The largest absolute Gasteiger partial charge is 0.348 e. The van der Waals surface area contributed by atoms with Gasteiger partial charge in [0.1, 0.15) is 0 Å². The molecule has 1 aromatic rings. The fourth-order valence-electron chi connectivity index (χ4n) is 3.31. The van der Waals surface area contributed by atoms with E-state index in [-0.39, 0.29) is 11.9 Å². The molecule has 1 aliphatic heterocycles. The van der Waals surface area contributed by atoms with Crippen molar-refractivity contribution in [2.24, 2.45) is 0 Å². The van der Waals surface area contributed by atoms with Gasteiger partial charge in [0.25, 0.3) is 5.91 Å². The zero-order valence-electron chi connectivity index (χ0n) is 15.2. The zero-order valence-corrected chi connectivity index (χ0v) is 16.0. The second-order valence-corrected chi connectivity index (χ2v) is 9.24. The number of nitrogens with zero attached hydrogens (tertiary/aromatic N) is 1. The summed E-state index contributed by atoms with van der Waals surface area (Å²) in [6.07, 6.45) is 2.16. The number of sulfonamides is 1. The number of quaternary nitrogens is 1. The van der Waals surface area contributed by atoms with Crippen LogP contribution in [0, 0.1) is 13.8 Å². The van der Waals surface area contributed by atoms with Crippen LogP contribution in [-0.4, -0.2) is 56.9 Å². The van der Waals surface area contributed by atoms with E-state index in [1.54, 1.807) is 10.4 Å². The molecule has 1 amide bonds. The van der Waals surface area contributed by atoms with Gasteiger partial charge in [0.05, 0.1) is 31.1 Å². The molecule has 25 heavy (non-hydrogen) atoms. The number of rotatable bonds is 5. The summed E-state index contributed by atoms with van der Waals surface area (Å²) in [5, 5.41) is 3.04. The Bertz CT molecular complexity index is 751. The molecule has 1 saturated heterocycles. The second kappa shape index (κ2) is 7.05. The normalized spacial score (nSPS) is 21.1. The number of hydrogen-bond donors (Lipinski definition) is 2. The molecule has 1 aliphatic carbocycles. The molecule has 0 radical (unpaired) electrons. The minimum Gasteiger partial charge on any atom is -0.348 e. The van der Waals surface area contributed by atoms with Crippen molar-refractivity contribution in [3.05, 3.63) is 29.3 Å². The van der Waals surface area contributed by atoms with E-state index in [1.165, 1.54) is 0 Å². The molecule has 7 heteroatoms. The topological polar surface area (TPSA) is 70.9 Å². The Morgan fingerprint density at radius 2 is 1.88 bits per heavy atom. The number of amides is 1. The predicted octanol–water partition coefficient (Wildman–Crippen LogP) is -0.140. The highest BCUT2D eigenvalue weighted by Crippen LogP contribution is 2.21. The van der Waals surface area contributed by atoms with Crippen molar-refractivity contribution in [3.63, 3.8) is 0 Å². The van der Waals surface area contributed by atoms with Crippen molar-refractivity contribution in [1.29, 1.82) is 0 Å². The van der Waals surface area contributed by atoms with Gasteiger partial charge in [-0.15, -0.1) is 0 Å². The van der Waals surface area contributed by atoms with Crippen molar-refractivity contribution in [2.45, 2.75) is 50.6 Å². The summed E-state index contributed by atoms with van der Waals surface area (Å²) in [5.41, 5.74) is 1.72. The van der Waals surface area contributed by atoms with Crippen LogP contribution < -0.4 is 10.2 Å². The van der Waals surface area contributed by atoms with E-state index >= 15 is 0 Å². The van der Waals surface area contributed by atoms with E-state index in [4.69, 9.17) is 0 Å². The van der Waals surface area contributed by atoms with Gasteiger partial charge in [0.15, 0.2) is 6.04 Å². The van der Waals surface area contributed by atoms with Crippen LogP contribution in [0.4, 0.5) is 0 Å². The van der Waals surface area contributed by atoms with E-state index in [2.05, 4.69) is 5.32 Å². The van der Waals surface area contributed by atoms with Crippen molar-refractivity contribution >= 4 is 15.9 Å². The highest BCUT2D eigenvalue weighted by atomic mass is 32.2. The molecule has 1 aromatic carbocycles. The smallest absolute Gasteiger partial charge is 0.278 e. The minimum absolute atomic E-state index is 0.0864. The summed E-state index contributed by atoms with van der Waals surface area (Å²) in [6.45, 7) is 7.88. The standard InChI is InChI=1S/C18H27N3O3S/c1-13-4-5-14(2)17(12-13)25(23,24)21-10-8-20(9-11-21)15(3)18(22)19-16-6-7-16/h4-5,12,15-16H,6-11H2,1-3H3,(H,19,22)/p+1/t15-/m0/s1. The summed E-state index contributed by atoms with van der Waals surface area (Å²) < 4.78 is 27.5. The number of nitrogens with one attached hydrogen (secondary N) is 2. The van der Waals surface area contributed by atoms with E-state index in [0.717, 1.165) is 28.9 Å². The summed E-state index contributed by atoms with van der Waals surface area (Å²) in [7, 11) is -3.47. The molecule has 0 aromatic heterocycles. The minimum atomic E-state index is -3.47. The predicted molar refractivity (Wildman–Crippen MR) is 96.0 cm³/mol. The van der Waals surface area contributed by atoms with E-state index in [0.29, 0.717) is 37.1 Å². The molecular formula is C18H28N3O3S+. The summed E-state index contributed by atoms with van der Waals surface area (Å²) in [6, 6.07) is 5.76.